The van der Waals surface area contributed by atoms with Gasteiger partial charge in [-0.2, -0.15) is 0 Å². The fourth-order valence-electron chi connectivity index (χ4n) is 1.86. The molecule has 0 atom stereocenters. The molecule has 8 nitrogen and oxygen atoms in total. The lowest BCUT2D eigenvalue weighted by molar-refractivity contribution is -0.137. The number of aliphatic carboxylic acids is 1. The Morgan fingerprint density at radius 2 is 2.29 bits per heavy atom. The number of rotatable bonds is 6. The zero-order chi connectivity index (χ0) is 15.2. The van der Waals surface area contributed by atoms with E-state index in [4.69, 9.17) is 9.84 Å². The lowest BCUT2D eigenvalue weighted by Gasteiger charge is -2.27. The number of fused-ring (bicyclic) bond motifs is 1. The zero-order valence-corrected chi connectivity index (χ0v) is 11.2. The van der Waals surface area contributed by atoms with Crippen molar-refractivity contribution in [3.8, 4) is 5.75 Å². The largest absolute Gasteiger partial charge is 0.481 e. The summed E-state index contributed by atoms with van der Waals surface area (Å²) in [6, 6.07) is 3.35. The predicted octanol–water partition coefficient (Wildman–Crippen LogP) is -0.212. The van der Waals surface area contributed by atoms with E-state index in [2.05, 4.69) is 10.3 Å². The number of carboxylic acids is 1. The summed E-state index contributed by atoms with van der Waals surface area (Å²) in [7, 11) is 0. The fourth-order valence-corrected chi connectivity index (χ4v) is 1.86. The van der Waals surface area contributed by atoms with E-state index in [-0.39, 0.29) is 37.9 Å². The number of carboxylic acid groups (broad SMARTS) is 1. The summed E-state index contributed by atoms with van der Waals surface area (Å²) in [5.74, 6) is -0.856. The van der Waals surface area contributed by atoms with Gasteiger partial charge in [0, 0.05) is 19.2 Å². The molecular formula is C13H15N3O5. The smallest absolute Gasteiger partial charge is 0.303 e. The van der Waals surface area contributed by atoms with E-state index in [0.29, 0.717) is 18.0 Å². The minimum absolute atomic E-state index is 0.0127. The summed E-state index contributed by atoms with van der Waals surface area (Å²) in [5.41, 5.74) is 0. The minimum atomic E-state index is -0.911. The van der Waals surface area contributed by atoms with Crippen molar-refractivity contribution in [2.45, 2.75) is 12.8 Å². The lowest BCUT2D eigenvalue weighted by Crippen LogP contribution is -2.45. The first-order valence-electron chi connectivity index (χ1n) is 6.44. The Balaban J connectivity index is 1.91. The minimum Gasteiger partial charge on any atom is -0.481 e. The van der Waals surface area contributed by atoms with Gasteiger partial charge in [-0.15, -0.1) is 0 Å². The predicted molar refractivity (Wildman–Crippen MR) is 72.0 cm³/mol. The van der Waals surface area contributed by atoms with Crippen molar-refractivity contribution in [3.63, 3.8) is 0 Å². The monoisotopic (exact) mass is 293 g/mol. The number of pyridine rings is 1. The molecule has 0 spiro atoms. The Bertz CT molecular complexity index is 560. The van der Waals surface area contributed by atoms with E-state index < -0.39 is 5.97 Å². The molecule has 2 N–H and O–H groups in total. The number of carbonyl (C=O) groups is 3. The number of anilines is 1. The molecule has 0 radical (unpaired) electrons. The van der Waals surface area contributed by atoms with Gasteiger partial charge in [0.15, 0.2) is 18.2 Å². The molecule has 1 aliphatic rings. The molecule has 1 aromatic heterocycles. The van der Waals surface area contributed by atoms with E-state index in [1.807, 2.05) is 0 Å². The van der Waals surface area contributed by atoms with Gasteiger partial charge >= 0.3 is 5.97 Å². The van der Waals surface area contributed by atoms with Gasteiger partial charge in [-0.25, -0.2) is 4.98 Å². The van der Waals surface area contributed by atoms with Crippen LogP contribution < -0.4 is 15.0 Å². The highest BCUT2D eigenvalue weighted by Gasteiger charge is 2.28. The molecule has 0 unspecified atom stereocenters. The molecule has 112 valence electrons. The van der Waals surface area contributed by atoms with Crippen molar-refractivity contribution in [1.82, 2.24) is 10.3 Å². The molecule has 8 heteroatoms. The van der Waals surface area contributed by atoms with E-state index >= 15 is 0 Å². The van der Waals surface area contributed by atoms with Crippen molar-refractivity contribution in [3.05, 3.63) is 18.3 Å². The zero-order valence-electron chi connectivity index (χ0n) is 11.2. The van der Waals surface area contributed by atoms with Crippen molar-refractivity contribution in [2.75, 3.05) is 24.6 Å². The molecule has 1 aliphatic heterocycles. The maximum Gasteiger partial charge on any atom is 0.303 e. The van der Waals surface area contributed by atoms with Gasteiger partial charge in [0.25, 0.3) is 5.91 Å². The molecule has 0 saturated carbocycles. The van der Waals surface area contributed by atoms with Gasteiger partial charge in [-0.05, 0) is 18.6 Å². The van der Waals surface area contributed by atoms with Crippen LogP contribution >= 0.6 is 0 Å². The average Bonchev–Trinajstić information content (AvgIpc) is 2.46. The SMILES string of the molecule is O=C(O)CCCNC(=O)CN1C(=O)COc2cccnc21. The molecule has 0 aliphatic carbocycles. The van der Waals surface area contributed by atoms with Gasteiger partial charge < -0.3 is 15.2 Å². The van der Waals surface area contributed by atoms with Gasteiger partial charge in [-0.3, -0.25) is 19.3 Å². The van der Waals surface area contributed by atoms with Crippen molar-refractivity contribution in [1.29, 1.82) is 0 Å². The van der Waals surface area contributed by atoms with Gasteiger partial charge in [0.1, 0.15) is 6.54 Å². The first-order chi connectivity index (χ1) is 10.1. The number of nitrogens with one attached hydrogen (secondary N) is 1. The van der Waals surface area contributed by atoms with Crippen LogP contribution in [-0.2, 0) is 14.4 Å². The van der Waals surface area contributed by atoms with Crippen LogP contribution in [0.4, 0.5) is 5.82 Å². The topological polar surface area (TPSA) is 109 Å². The maximum atomic E-state index is 11.8. The van der Waals surface area contributed by atoms with E-state index in [1.54, 1.807) is 12.1 Å². The first kappa shape index (κ1) is 14.8. The van der Waals surface area contributed by atoms with Gasteiger partial charge in [0.05, 0.1) is 0 Å². The number of ether oxygens (including phenoxy) is 1. The summed E-state index contributed by atoms with van der Waals surface area (Å²) < 4.78 is 5.22. The Kier molecular flexibility index (Phi) is 4.70. The molecule has 2 rings (SSSR count). The number of hydrogen-bond acceptors (Lipinski definition) is 5. The number of amides is 2. The van der Waals surface area contributed by atoms with Gasteiger partial charge in [-0.1, -0.05) is 0 Å². The highest BCUT2D eigenvalue weighted by atomic mass is 16.5. The maximum absolute atomic E-state index is 11.8. The first-order valence-corrected chi connectivity index (χ1v) is 6.44. The van der Waals surface area contributed by atoms with Crippen LogP contribution in [-0.4, -0.2) is 47.6 Å². The standard InChI is InChI=1S/C13H15N3O5/c17-10(14-5-2-4-12(19)20)7-16-11(18)8-21-9-3-1-6-15-13(9)16/h1,3,6H,2,4-5,7-8H2,(H,14,17)(H,19,20). The Morgan fingerprint density at radius 1 is 1.48 bits per heavy atom. The van der Waals surface area contributed by atoms with E-state index in [1.165, 1.54) is 11.1 Å². The summed E-state index contributed by atoms with van der Waals surface area (Å²) in [4.78, 5) is 39.3. The highest BCUT2D eigenvalue weighted by molar-refractivity contribution is 6.01. The molecule has 0 aromatic carbocycles. The van der Waals surface area contributed by atoms with Crippen LogP contribution in [0.15, 0.2) is 18.3 Å². The normalized spacial score (nSPS) is 13.3. The van der Waals surface area contributed by atoms with Crippen molar-refractivity contribution < 1.29 is 24.2 Å². The van der Waals surface area contributed by atoms with E-state index in [9.17, 15) is 14.4 Å². The molecule has 2 amide bonds. The summed E-state index contributed by atoms with van der Waals surface area (Å²) >= 11 is 0. The molecule has 0 fully saturated rings. The van der Waals surface area contributed by atoms with Crippen molar-refractivity contribution >= 4 is 23.6 Å². The second kappa shape index (κ2) is 6.69. The number of hydrogen-bond donors (Lipinski definition) is 2. The molecule has 21 heavy (non-hydrogen) atoms. The summed E-state index contributed by atoms with van der Waals surface area (Å²) in [6.07, 6.45) is 1.84. The fraction of sp³-hybridized carbons (Fsp3) is 0.385. The molecule has 1 aromatic rings. The third-order valence-corrected chi connectivity index (χ3v) is 2.85. The van der Waals surface area contributed by atoms with Crippen LogP contribution in [0.5, 0.6) is 5.75 Å². The average molecular weight is 293 g/mol. The Hall–Kier alpha value is -2.64. The quantitative estimate of drug-likeness (QED) is 0.702. The van der Waals surface area contributed by atoms with Crippen LogP contribution in [0.2, 0.25) is 0 Å². The summed E-state index contributed by atoms with van der Waals surface area (Å²) in [6.45, 7) is -0.0526. The second-order valence-corrected chi connectivity index (χ2v) is 4.44. The van der Waals surface area contributed by atoms with Crippen LogP contribution in [0.25, 0.3) is 0 Å². The molecular weight excluding hydrogens is 278 g/mol. The Morgan fingerprint density at radius 3 is 3.05 bits per heavy atom. The number of nitrogens with zero attached hydrogens (tertiary/aromatic N) is 2. The lowest BCUT2D eigenvalue weighted by atomic mass is 10.3. The third kappa shape index (κ3) is 3.91. The Labute approximate surface area is 120 Å². The molecule has 0 saturated heterocycles. The van der Waals surface area contributed by atoms with Gasteiger partial charge in [0.2, 0.25) is 5.91 Å². The van der Waals surface area contributed by atoms with Crippen LogP contribution in [0.3, 0.4) is 0 Å². The summed E-state index contributed by atoms with van der Waals surface area (Å²) in [5, 5.41) is 11.1. The second-order valence-electron chi connectivity index (χ2n) is 4.44. The van der Waals surface area contributed by atoms with E-state index in [0.717, 1.165) is 0 Å². The third-order valence-electron chi connectivity index (χ3n) is 2.85. The van der Waals surface area contributed by atoms with Crippen LogP contribution in [0, 0.1) is 0 Å². The molecule has 0 bridgehead atoms. The van der Waals surface area contributed by atoms with Crippen molar-refractivity contribution in [2.24, 2.45) is 0 Å². The number of carbonyl (C=O) groups excluding carboxylic acids is 2. The van der Waals surface area contributed by atoms with Crippen LogP contribution in [0.1, 0.15) is 12.8 Å². The molecule has 2 heterocycles. The number of aromatic nitrogens is 1. The highest BCUT2D eigenvalue weighted by Crippen LogP contribution is 2.28.